The van der Waals surface area contributed by atoms with Gasteiger partial charge in [0.05, 0.1) is 0 Å². The average molecular weight is 274 g/mol. The normalized spacial score (nSPS) is 16.6. The smallest absolute Gasteiger partial charge is 0.222 e. The molecule has 20 heavy (non-hydrogen) atoms. The van der Waals surface area contributed by atoms with Gasteiger partial charge in [-0.05, 0) is 30.4 Å². The van der Waals surface area contributed by atoms with Crippen LogP contribution < -0.4 is 5.73 Å². The molecule has 1 aliphatic carbocycles. The zero-order valence-corrected chi connectivity index (χ0v) is 12.5. The van der Waals surface area contributed by atoms with Crippen molar-refractivity contribution in [3.8, 4) is 0 Å². The quantitative estimate of drug-likeness (QED) is 0.673. The third-order valence-electron chi connectivity index (χ3n) is 4.33. The van der Waals surface area contributed by atoms with Gasteiger partial charge in [-0.15, -0.1) is 0 Å². The van der Waals surface area contributed by atoms with E-state index in [1.807, 2.05) is 36.2 Å². The Hall–Kier alpha value is -1.51. The summed E-state index contributed by atoms with van der Waals surface area (Å²) in [7, 11) is 1.88. The van der Waals surface area contributed by atoms with Crippen molar-refractivity contribution < 1.29 is 4.79 Å². The van der Waals surface area contributed by atoms with E-state index in [2.05, 4.69) is 0 Å². The molecule has 0 aliphatic heterocycles. The Kier molecular flexibility index (Phi) is 5.45. The zero-order chi connectivity index (χ0) is 14.4. The van der Waals surface area contributed by atoms with Gasteiger partial charge in [-0.1, -0.05) is 43.9 Å². The largest absolute Gasteiger partial charge is 0.398 e. The summed E-state index contributed by atoms with van der Waals surface area (Å²) in [6.07, 6.45) is 8.37. The average Bonchev–Trinajstić information content (AvgIpc) is 2.70. The molecule has 2 rings (SSSR count). The summed E-state index contributed by atoms with van der Waals surface area (Å²) in [5, 5.41) is 0. The number of benzene rings is 1. The molecule has 0 bridgehead atoms. The van der Waals surface area contributed by atoms with Crippen LogP contribution >= 0.6 is 0 Å². The highest BCUT2D eigenvalue weighted by atomic mass is 16.2. The van der Waals surface area contributed by atoms with Gasteiger partial charge in [0.25, 0.3) is 0 Å². The number of carbonyl (C=O) groups is 1. The fourth-order valence-corrected chi connectivity index (χ4v) is 2.99. The Balaban J connectivity index is 1.87. The first-order chi connectivity index (χ1) is 9.66. The number of hydrogen-bond acceptors (Lipinski definition) is 2. The monoisotopic (exact) mass is 274 g/mol. The van der Waals surface area contributed by atoms with Crippen LogP contribution in [0.25, 0.3) is 0 Å². The standard InChI is InChI=1S/C17H26N2O/c1-19(13-15-10-6-7-11-16(15)18)17(20)12-14-8-4-2-3-5-9-14/h6-7,10-11,14H,2-5,8-9,12-13,18H2,1H3. The van der Waals surface area contributed by atoms with Crippen LogP contribution in [0.15, 0.2) is 24.3 Å². The first kappa shape index (κ1) is 14.9. The number of nitrogens with two attached hydrogens (primary N) is 1. The molecule has 1 fully saturated rings. The molecular formula is C17H26N2O. The van der Waals surface area contributed by atoms with Gasteiger partial charge >= 0.3 is 0 Å². The second kappa shape index (κ2) is 7.32. The number of hydrogen-bond donors (Lipinski definition) is 1. The van der Waals surface area contributed by atoms with Crippen LogP contribution in [-0.2, 0) is 11.3 Å². The van der Waals surface area contributed by atoms with E-state index < -0.39 is 0 Å². The minimum Gasteiger partial charge on any atom is -0.398 e. The highest BCUT2D eigenvalue weighted by Gasteiger charge is 2.18. The molecule has 2 N–H and O–H groups in total. The second-order valence-electron chi connectivity index (χ2n) is 6.01. The lowest BCUT2D eigenvalue weighted by Gasteiger charge is -2.21. The number of amides is 1. The fraction of sp³-hybridized carbons (Fsp3) is 0.588. The van der Waals surface area contributed by atoms with Crippen molar-refractivity contribution in [1.82, 2.24) is 4.90 Å². The highest BCUT2D eigenvalue weighted by Crippen LogP contribution is 2.26. The summed E-state index contributed by atoms with van der Waals surface area (Å²) in [5.41, 5.74) is 7.73. The Morgan fingerprint density at radius 2 is 1.85 bits per heavy atom. The lowest BCUT2D eigenvalue weighted by molar-refractivity contribution is -0.131. The van der Waals surface area contributed by atoms with Gasteiger partial charge in [-0.25, -0.2) is 0 Å². The van der Waals surface area contributed by atoms with E-state index in [-0.39, 0.29) is 5.91 Å². The molecule has 0 aromatic heterocycles. The molecule has 0 radical (unpaired) electrons. The molecule has 0 heterocycles. The van der Waals surface area contributed by atoms with E-state index >= 15 is 0 Å². The highest BCUT2D eigenvalue weighted by molar-refractivity contribution is 5.76. The molecule has 0 saturated heterocycles. The molecule has 1 amide bonds. The van der Waals surface area contributed by atoms with E-state index in [0.29, 0.717) is 18.9 Å². The molecule has 1 aromatic rings. The van der Waals surface area contributed by atoms with Crippen molar-refractivity contribution >= 4 is 11.6 Å². The van der Waals surface area contributed by atoms with Gasteiger partial charge in [-0.3, -0.25) is 4.79 Å². The van der Waals surface area contributed by atoms with Crippen molar-refractivity contribution in [2.24, 2.45) is 5.92 Å². The second-order valence-corrected chi connectivity index (χ2v) is 6.01. The summed E-state index contributed by atoms with van der Waals surface area (Å²) in [6, 6.07) is 7.77. The molecular weight excluding hydrogens is 248 g/mol. The molecule has 0 atom stereocenters. The van der Waals surface area contributed by atoms with Crippen LogP contribution in [0, 0.1) is 5.92 Å². The van der Waals surface area contributed by atoms with E-state index in [4.69, 9.17) is 5.73 Å². The molecule has 0 unspecified atom stereocenters. The maximum Gasteiger partial charge on any atom is 0.222 e. The lowest BCUT2D eigenvalue weighted by atomic mass is 9.96. The zero-order valence-electron chi connectivity index (χ0n) is 12.5. The van der Waals surface area contributed by atoms with Crippen LogP contribution in [-0.4, -0.2) is 17.9 Å². The summed E-state index contributed by atoms with van der Waals surface area (Å²) in [4.78, 5) is 14.1. The first-order valence-corrected chi connectivity index (χ1v) is 7.74. The van der Waals surface area contributed by atoms with Crippen molar-refractivity contribution in [2.75, 3.05) is 12.8 Å². The number of para-hydroxylation sites is 1. The predicted octanol–water partition coefficient (Wildman–Crippen LogP) is 3.59. The van der Waals surface area contributed by atoms with Crippen molar-refractivity contribution in [3.63, 3.8) is 0 Å². The number of anilines is 1. The van der Waals surface area contributed by atoms with Crippen LogP contribution in [0.1, 0.15) is 50.5 Å². The van der Waals surface area contributed by atoms with Crippen molar-refractivity contribution in [1.29, 1.82) is 0 Å². The topological polar surface area (TPSA) is 46.3 Å². The van der Waals surface area contributed by atoms with E-state index in [1.165, 1.54) is 38.5 Å². The fourth-order valence-electron chi connectivity index (χ4n) is 2.99. The summed E-state index contributed by atoms with van der Waals surface area (Å²) in [5.74, 6) is 0.834. The number of nitrogens with zero attached hydrogens (tertiary/aromatic N) is 1. The van der Waals surface area contributed by atoms with Crippen LogP contribution in [0.3, 0.4) is 0 Å². The van der Waals surface area contributed by atoms with Crippen LogP contribution in [0.2, 0.25) is 0 Å². The maximum absolute atomic E-state index is 12.3. The molecule has 1 saturated carbocycles. The van der Waals surface area contributed by atoms with E-state index in [9.17, 15) is 4.79 Å². The van der Waals surface area contributed by atoms with Crippen LogP contribution in [0.5, 0.6) is 0 Å². The van der Waals surface area contributed by atoms with Crippen LogP contribution in [0.4, 0.5) is 5.69 Å². The molecule has 1 aliphatic rings. The number of rotatable bonds is 4. The summed E-state index contributed by atoms with van der Waals surface area (Å²) >= 11 is 0. The Labute approximate surface area is 122 Å². The maximum atomic E-state index is 12.3. The van der Waals surface area contributed by atoms with E-state index in [0.717, 1.165) is 11.3 Å². The minimum atomic E-state index is 0.250. The van der Waals surface area contributed by atoms with Gasteiger partial charge in [-0.2, -0.15) is 0 Å². The SMILES string of the molecule is CN(Cc1ccccc1N)C(=O)CC1CCCCCC1. The van der Waals surface area contributed by atoms with E-state index in [1.54, 1.807) is 0 Å². The van der Waals surface area contributed by atoms with Gasteiger partial charge in [0.1, 0.15) is 0 Å². The first-order valence-electron chi connectivity index (χ1n) is 7.74. The lowest BCUT2D eigenvalue weighted by Crippen LogP contribution is -2.28. The van der Waals surface area contributed by atoms with Gasteiger partial charge in [0, 0.05) is 25.7 Å². The predicted molar refractivity (Wildman–Crippen MR) is 83.1 cm³/mol. The Bertz CT molecular complexity index is 436. The summed E-state index contributed by atoms with van der Waals surface area (Å²) in [6.45, 7) is 0.609. The number of carbonyl (C=O) groups excluding carboxylic acids is 1. The van der Waals surface area contributed by atoms with Gasteiger partial charge in [0.2, 0.25) is 5.91 Å². The van der Waals surface area contributed by atoms with Gasteiger partial charge in [0.15, 0.2) is 0 Å². The molecule has 0 spiro atoms. The molecule has 3 heteroatoms. The molecule has 110 valence electrons. The molecule has 1 aromatic carbocycles. The van der Waals surface area contributed by atoms with Crippen molar-refractivity contribution in [3.05, 3.63) is 29.8 Å². The third kappa shape index (κ3) is 4.26. The number of nitrogen functional groups attached to an aromatic ring is 1. The Morgan fingerprint density at radius 3 is 2.50 bits per heavy atom. The third-order valence-corrected chi connectivity index (χ3v) is 4.33. The Morgan fingerprint density at radius 1 is 1.20 bits per heavy atom. The summed E-state index contributed by atoms with van der Waals surface area (Å²) < 4.78 is 0. The minimum absolute atomic E-state index is 0.250. The van der Waals surface area contributed by atoms with Gasteiger partial charge < -0.3 is 10.6 Å². The molecule has 3 nitrogen and oxygen atoms in total. The van der Waals surface area contributed by atoms with Crippen molar-refractivity contribution in [2.45, 2.75) is 51.5 Å².